The molecule has 10 atom stereocenters. The van der Waals surface area contributed by atoms with Gasteiger partial charge in [-0.05, 0) is 97.2 Å². The van der Waals surface area contributed by atoms with Crippen molar-refractivity contribution in [1.29, 1.82) is 0 Å². The minimum absolute atomic E-state index is 0.00698. The van der Waals surface area contributed by atoms with Crippen molar-refractivity contribution in [3.05, 3.63) is 11.6 Å². The number of allylic oxidation sites excluding steroid dienone is 2. The zero-order chi connectivity index (χ0) is 25.8. The number of aliphatic hydroxyl groups is 3. The van der Waals surface area contributed by atoms with E-state index in [-0.39, 0.29) is 40.1 Å². The Kier molecular flexibility index (Phi) is 5.56. The molecule has 0 aromatic heterocycles. The normalized spacial score (nSPS) is 55.0. The average molecular weight is 489 g/mol. The van der Waals surface area contributed by atoms with Gasteiger partial charge in [0.15, 0.2) is 0 Å². The predicted molar refractivity (Wildman–Crippen MR) is 135 cm³/mol. The number of fused-ring (bicyclic) bond motifs is 7. The van der Waals surface area contributed by atoms with Gasteiger partial charge in [-0.15, -0.1) is 0 Å². The second kappa shape index (κ2) is 7.57. The molecule has 5 nitrogen and oxygen atoms in total. The summed E-state index contributed by atoms with van der Waals surface area (Å²) in [6.07, 6.45) is 8.40. The molecule has 5 aliphatic rings. The fourth-order valence-corrected chi connectivity index (χ4v) is 10.8. The molecule has 5 rings (SSSR count). The van der Waals surface area contributed by atoms with Crippen LogP contribution in [0.2, 0.25) is 0 Å². The van der Waals surface area contributed by atoms with Gasteiger partial charge >= 0.3 is 5.97 Å². The number of carboxylic acids is 1. The maximum atomic E-state index is 12.8. The first-order valence-electron chi connectivity index (χ1n) is 14.0. The summed E-state index contributed by atoms with van der Waals surface area (Å²) in [5.41, 5.74) is -0.0632. The molecule has 5 aliphatic carbocycles. The lowest BCUT2D eigenvalue weighted by Crippen LogP contribution is -2.68. The molecule has 35 heavy (non-hydrogen) atoms. The lowest BCUT2D eigenvalue weighted by Gasteiger charge is -2.71. The van der Waals surface area contributed by atoms with E-state index in [0.29, 0.717) is 12.3 Å². The summed E-state index contributed by atoms with van der Waals surface area (Å²) in [5, 5.41) is 42.8. The Labute approximate surface area is 211 Å². The minimum atomic E-state index is -0.907. The van der Waals surface area contributed by atoms with Gasteiger partial charge in [-0.25, -0.2) is 0 Å². The van der Waals surface area contributed by atoms with Crippen LogP contribution in [0.4, 0.5) is 0 Å². The Hall–Kier alpha value is -0.910. The molecule has 0 heterocycles. The maximum absolute atomic E-state index is 12.8. The first-order chi connectivity index (χ1) is 16.1. The molecule has 0 aromatic rings. The third-order valence-electron chi connectivity index (χ3n) is 13.2. The van der Waals surface area contributed by atoms with Crippen molar-refractivity contribution in [2.24, 2.45) is 50.2 Å². The van der Waals surface area contributed by atoms with Gasteiger partial charge in [-0.3, -0.25) is 4.79 Å². The monoisotopic (exact) mass is 488 g/mol. The Morgan fingerprint density at radius 3 is 2.23 bits per heavy atom. The Morgan fingerprint density at radius 1 is 0.943 bits per heavy atom. The topological polar surface area (TPSA) is 98.0 Å². The highest BCUT2D eigenvalue weighted by molar-refractivity contribution is 5.76. The molecule has 4 saturated carbocycles. The first-order valence-corrected chi connectivity index (χ1v) is 14.0. The van der Waals surface area contributed by atoms with Gasteiger partial charge in [-0.2, -0.15) is 0 Å². The van der Waals surface area contributed by atoms with E-state index in [4.69, 9.17) is 0 Å². The van der Waals surface area contributed by atoms with Crippen LogP contribution >= 0.6 is 0 Å². The molecule has 0 saturated heterocycles. The molecule has 0 amide bonds. The largest absolute Gasteiger partial charge is 0.481 e. The van der Waals surface area contributed by atoms with Crippen molar-refractivity contribution in [3.63, 3.8) is 0 Å². The van der Waals surface area contributed by atoms with Gasteiger partial charge in [0.1, 0.15) is 0 Å². The van der Waals surface area contributed by atoms with Gasteiger partial charge < -0.3 is 20.4 Å². The van der Waals surface area contributed by atoms with Crippen molar-refractivity contribution in [2.45, 2.75) is 112 Å². The van der Waals surface area contributed by atoms with Gasteiger partial charge in [0, 0.05) is 5.41 Å². The van der Waals surface area contributed by atoms with Crippen molar-refractivity contribution in [1.82, 2.24) is 0 Å². The van der Waals surface area contributed by atoms with E-state index in [9.17, 15) is 25.2 Å². The summed E-state index contributed by atoms with van der Waals surface area (Å²) in [5.74, 6) is -0.0472. The Bertz CT molecular complexity index is 941. The molecule has 0 bridgehead atoms. The lowest BCUT2D eigenvalue weighted by molar-refractivity contribution is -0.243. The number of rotatable bonds is 2. The molecular weight excluding hydrogens is 440 g/mol. The molecule has 0 spiro atoms. The van der Waals surface area contributed by atoms with E-state index in [2.05, 4.69) is 40.7 Å². The highest BCUT2D eigenvalue weighted by Gasteiger charge is 2.70. The number of hydrogen-bond donors (Lipinski definition) is 4. The molecule has 0 aliphatic heterocycles. The zero-order valence-corrected chi connectivity index (χ0v) is 22.7. The smallest absolute Gasteiger partial charge is 0.310 e. The van der Waals surface area contributed by atoms with E-state index in [1.165, 1.54) is 5.57 Å². The summed E-state index contributed by atoms with van der Waals surface area (Å²) in [4.78, 5) is 12.8. The van der Waals surface area contributed by atoms with E-state index >= 15 is 0 Å². The number of carboxylic acid groups (broad SMARTS) is 1. The molecule has 4 N–H and O–H groups in total. The summed E-state index contributed by atoms with van der Waals surface area (Å²) in [6, 6.07) is 0. The Morgan fingerprint density at radius 2 is 1.60 bits per heavy atom. The van der Waals surface area contributed by atoms with Gasteiger partial charge in [-0.1, -0.05) is 53.2 Å². The number of hydrogen-bond acceptors (Lipinski definition) is 4. The van der Waals surface area contributed by atoms with Crippen LogP contribution in [0.25, 0.3) is 0 Å². The van der Waals surface area contributed by atoms with Gasteiger partial charge in [0.05, 0.1) is 24.2 Å². The molecule has 0 aromatic carbocycles. The SMILES string of the molecule is CC1(C)CC[C@@]2(C(=O)O)CC[C@@]3(C)C(=CC[C@H]4[C@]5(C)C[C@H](O)[C@@H](O)[C@](C)(CO)[C@H]5CC[C@@]43C)[C@H]2C1. The van der Waals surface area contributed by atoms with Crippen molar-refractivity contribution in [2.75, 3.05) is 6.61 Å². The maximum Gasteiger partial charge on any atom is 0.310 e. The molecule has 0 radical (unpaired) electrons. The fourth-order valence-electron chi connectivity index (χ4n) is 10.8. The third-order valence-corrected chi connectivity index (χ3v) is 13.2. The van der Waals surface area contributed by atoms with E-state index in [1.807, 2.05) is 6.92 Å². The molecule has 198 valence electrons. The van der Waals surface area contributed by atoms with Crippen molar-refractivity contribution in [3.8, 4) is 0 Å². The second-order valence-corrected chi connectivity index (χ2v) is 15.1. The van der Waals surface area contributed by atoms with Gasteiger partial charge in [0.25, 0.3) is 0 Å². The highest BCUT2D eigenvalue weighted by atomic mass is 16.4. The van der Waals surface area contributed by atoms with Crippen LogP contribution in [0.5, 0.6) is 0 Å². The number of aliphatic carboxylic acids is 1. The second-order valence-electron chi connectivity index (χ2n) is 15.1. The molecule has 4 fully saturated rings. The lowest BCUT2D eigenvalue weighted by atomic mass is 9.33. The number of aliphatic hydroxyl groups excluding tert-OH is 3. The molecule has 5 heteroatoms. The Balaban J connectivity index is 1.61. The number of carbonyl (C=O) groups is 1. The van der Waals surface area contributed by atoms with Crippen molar-refractivity contribution < 1.29 is 25.2 Å². The van der Waals surface area contributed by atoms with Crippen LogP contribution in [-0.4, -0.2) is 45.2 Å². The van der Waals surface area contributed by atoms with E-state index in [0.717, 1.165) is 51.4 Å². The van der Waals surface area contributed by atoms with Gasteiger partial charge in [0.2, 0.25) is 0 Å². The van der Waals surface area contributed by atoms with Crippen LogP contribution in [0.1, 0.15) is 99.3 Å². The minimum Gasteiger partial charge on any atom is -0.481 e. The van der Waals surface area contributed by atoms with Crippen LogP contribution < -0.4 is 0 Å². The summed E-state index contributed by atoms with van der Waals surface area (Å²) in [6.45, 7) is 13.6. The van der Waals surface area contributed by atoms with Crippen LogP contribution in [0.15, 0.2) is 11.6 Å². The highest BCUT2D eigenvalue weighted by Crippen LogP contribution is 2.75. The quantitative estimate of drug-likeness (QED) is 0.402. The van der Waals surface area contributed by atoms with Crippen molar-refractivity contribution >= 4 is 5.97 Å². The predicted octanol–water partition coefficient (Wildman–Crippen LogP) is 5.18. The first kappa shape index (κ1) is 25.7. The zero-order valence-electron chi connectivity index (χ0n) is 22.7. The fraction of sp³-hybridized carbons (Fsp3) is 0.900. The molecule has 0 unspecified atom stereocenters. The van der Waals surface area contributed by atoms with E-state index in [1.54, 1.807) is 0 Å². The summed E-state index contributed by atoms with van der Waals surface area (Å²) >= 11 is 0. The van der Waals surface area contributed by atoms with Crippen LogP contribution in [0, 0.1) is 50.2 Å². The standard InChI is InChI=1S/C30H48O5/c1-25(2)11-13-30(24(34)35)14-12-28(5)18(19(30)15-25)7-8-22-26(3)16-20(32)23(33)27(4,17-31)21(26)9-10-29(22,28)6/h7,19-23,31-33H,8-17H2,1-6H3,(H,34,35)/t19-,20+,21+,22+,23-,26-,27-,28+,29+,30-/m1/s1. The molecular formula is C30H48O5. The van der Waals surface area contributed by atoms with Crippen LogP contribution in [-0.2, 0) is 4.79 Å². The van der Waals surface area contributed by atoms with E-state index < -0.39 is 29.0 Å². The third kappa shape index (κ3) is 3.07. The summed E-state index contributed by atoms with van der Waals surface area (Å²) in [7, 11) is 0. The summed E-state index contributed by atoms with van der Waals surface area (Å²) < 4.78 is 0. The van der Waals surface area contributed by atoms with Crippen LogP contribution in [0.3, 0.4) is 0 Å². The average Bonchev–Trinajstić information content (AvgIpc) is 2.77.